The van der Waals surface area contributed by atoms with E-state index in [1.54, 1.807) is 7.11 Å². The molecule has 1 atom stereocenters. The van der Waals surface area contributed by atoms with Crippen LogP contribution < -0.4 is 14.8 Å². The minimum atomic E-state index is -0.672. The maximum atomic E-state index is 9.65. The molecular weight excluding hydrogens is 338 g/mol. The summed E-state index contributed by atoms with van der Waals surface area (Å²) in [6.45, 7) is 5.32. The summed E-state index contributed by atoms with van der Waals surface area (Å²) in [5, 5.41) is 13.0. The van der Waals surface area contributed by atoms with Crippen molar-refractivity contribution in [2.45, 2.75) is 32.5 Å². The van der Waals surface area contributed by atoms with Crippen molar-refractivity contribution in [3.05, 3.63) is 22.2 Å². The molecule has 6 heteroatoms. The van der Waals surface area contributed by atoms with Crippen molar-refractivity contribution < 1.29 is 19.3 Å². The second kappa shape index (κ2) is 9.25. The summed E-state index contributed by atoms with van der Waals surface area (Å²) in [5.74, 6) is 1.22. The molecule has 120 valence electrons. The Bertz CT molecular complexity index is 440. The first kappa shape index (κ1) is 18.2. The highest BCUT2D eigenvalue weighted by molar-refractivity contribution is 9.10. The van der Waals surface area contributed by atoms with Crippen molar-refractivity contribution in [2.75, 3.05) is 27.4 Å². The zero-order valence-electron chi connectivity index (χ0n) is 13.0. The van der Waals surface area contributed by atoms with E-state index in [0.717, 1.165) is 16.6 Å². The van der Waals surface area contributed by atoms with Crippen LogP contribution in [0.5, 0.6) is 11.5 Å². The lowest BCUT2D eigenvalue weighted by atomic mass is 10.2. The van der Waals surface area contributed by atoms with E-state index in [2.05, 4.69) is 35.1 Å². The molecule has 0 fully saturated rings. The van der Waals surface area contributed by atoms with E-state index in [9.17, 15) is 5.11 Å². The van der Waals surface area contributed by atoms with Crippen molar-refractivity contribution in [3.8, 4) is 11.5 Å². The van der Waals surface area contributed by atoms with Gasteiger partial charge in [-0.05, 0) is 33.6 Å². The number of ether oxygens (including phenoxy) is 3. The highest BCUT2D eigenvalue weighted by Crippen LogP contribution is 2.36. The first-order valence-corrected chi connectivity index (χ1v) is 7.66. The molecule has 2 N–H and O–H groups in total. The van der Waals surface area contributed by atoms with E-state index in [-0.39, 0.29) is 13.2 Å². The molecule has 21 heavy (non-hydrogen) atoms. The minimum absolute atomic E-state index is 0.145. The standard InChI is InChI=1S/C15H24BrNO4/c1-10(2)17-7-11-5-13(16)15(14(6-11)20-4)21-9-12(18)8-19-3/h5-6,10,12,17-18H,7-9H2,1-4H3. The van der Waals surface area contributed by atoms with Gasteiger partial charge < -0.3 is 24.6 Å². The molecule has 0 aliphatic rings. The quantitative estimate of drug-likeness (QED) is 0.706. The summed E-state index contributed by atoms with van der Waals surface area (Å²) in [7, 11) is 3.14. The van der Waals surface area contributed by atoms with Crippen LogP contribution in [0.25, 0.3) is 0 Å². The molecule has 0 aliphatic carbocycles. The van der Waals surface area contributed by atoms with Crippen LogP contribution in [0, 0.1) is 0 Å². The van der Waals surface area contributed by atoms with Gasteiger partial charge in [-0.25, -0.2) is 0 Å². The molecule has 1 aromatic rings. The van der Waals surface area contributed by atoms with Crippen molar-refractivity contribution in [1.82, 2.24) is 5.32 Å². The zero-order valence-corrected chi connectivity index (χ0v) is 14.6. The van der Waals surface area contributed by atoms with Gasteiger partial charge in [-0.3, -0.25) is 0 Å². The van der Waals surface area contributed by atoms with Crippen LogP contribution >= 0.6 is 15.9 Å². The van der Waals surface area contributed by atoms with Crippen LogP contribution in [0.15, 0.2) is 16.6 Å². The number of methoxy groups -OCH3 is 2. The molecule has 1 unspecified atom stereocenters. The van der Waals surface area contributed by atoms with E-state index in [0.29, 0.717) is 17.5 Å². The van der Waals surface area contributed by atoms with E-state index < -0.39 is 6.10 Å². The number of halogens is 1. The maximum absolute atomic E-state index is 9.65. The average Bonchev–Trinajstić information content (AvgIpc) is 2.43. The smallest absolute Gasteiger partial charge is 0.175 e. The Morgan fingerprint density at radius 2 is 1.95 bits per heavy atom. The van der Waals surface area contributed by atoms with Gasteiger partial charge >= 0.3 is 0 Å². The third-order valence-electron chi connectivity index (χ3n) is 2.78. The van der Waals surface area contributed by atoms with Gasteiger partial charge in [0.05, 0.1) is 18.2 Å². The summed E-state index contributed by atoms with van der Waals surface area (Å²) in [5.41, 5.74) is 1.09. The van der Waals surface area contributed by atoms with Crippen LogP contribution in [0.4, 0.5) is 0 Å². The van der Waals surface area contributed by atoms with E-state index in [1.165, 1.54) is 7.11 Å². The molecule has 0 saturated heterocycles. The predicted octanol–water partition coefficient (Wildman–Crippen LogP) is 2.34. The van der Waals surface area contributed by atoms with Crippen molar-refractivity contribution >= 4 is 15.9 Å². The normalized spacial score (nSPS) is 12.5. The van der Waals surface area contributed by atoms with Crippen LogP contribution in [0.2, 0.25) is 0 Å². The van der Waals surface area contributed by atoms with Gasteiger partial charge in [0.1, 0.15) is 12.7 Å². The van der Waals surface area contributed by atoms with Gasteiger partial charge in [-0.15, -0.1) is 0 Å². The van der Waals surface area contributed by atoms with Crippen LogP contribution in [-0.4, -0.2) is 44.7 Å². The Morgan fingerprint density at radius 3 is 2.52 bits per heavy atom. The van der Waals surface area contributed by atoms with Crippen LogP contribution in [0.1, 0.15) is 19.4 Å². The summed E-state index contributed by atoms with van der Waals surface area (Å²) < 4.78 is 16.7. The average molecular weight is 362 g/mol. The molecule has 1 aromatic carbocycles. The van der Waals surface area contributed by atoms with Crippen molar-refractivity contribution in [1.29, 1.82) is 0 Å². The number of benzene rings is 1. The zero-order chi connectivity index (χ0) is 15.8. The summed E-state index contributed by atoms with van der Waals surface area (Å²) in [4.78, 5) is 0. The lowest BCUT2D eigenvalue weighted by molar-refractivity contribution is 0.0317. The lowest BCUT2D eigenvalue weighted by Gasteiger charge is -2.17. The SMILES string of the molecule is COCC(O)COc1c(Br)cc(CNC(C)C)cc1OC. The van der Waals surface area contributed by atoms with Crippen molar-refractivity contribution in [3.63, 3.8) is 0 Å². The van der Waals surface area contributed by atoms with Gasteiger partial charge in [-0.1, -0.05) is 13.8 Å². The molecule has 0 spiro atoms. The molecule has 0 amide bonds. The second-order valence-corrected chi connectivity index (χ2v) is 5.92. The summed E-state index contributed by atoms with van der Waals surface area (Å²) in [6.07, 6.45) is -0.672. The Labute approximate surface area is 134 Å². The third kappa shape index (κ3) is 6.22. The summed E-state index contributed by atoms with van der Waals surface area (Å²) >= 11 is 3.49. The number of rotatable bonds is 9. The number of aliphatic hydroxyl groups is 1. The molecule has 0 heterocycles. The molecule has 0 aliphatic heterocycles. The molecule has 0 saturated carbocycles. The second-order valence-electron chi connectivity index (χ2n) is 5.06. The fourth-order valence-corrected chi connectivity index (χ4v) is 2.36. The highest BCUT2D eigenvalue weighted by Gasteiger charge is 2.14. The summed E-state index contributed by atoms with van der Waals surface area (Å²) in [6, 6.07) is 4.32. The predicted molar refractivity (Wildman–Crippen MR) is 86.0 cm³/mol. The van der Waals surface area contributed by atoms with Crippen molar-refractivity contribution in [2.24, 2.45) is 0 Å². The maximum Gasteiger partial charge on any atom is 0.175 e. The molecule has 0 bridgehead atoms. The topological polar surface area (TPSA) is 60.0 Å². The number of hydrogen-bond donors (Lipinski definition) is 2. The van der Waals surface area contributed by atoms with Crippen LogP contribution in [-0.2, 0) is 11.3 Å². The largest absolute Gasteiger partial charge is 0.493 e. The number of aliphatic hydroxyl groups excluding tert-OH is 1. The Balaban J connectivity index is 2.79. The first-order chi connectivity index (χ1) is 9.97. The Morgan fingerprint density at radius 1 is 1.24 bits per heavy atom. The number of nitrogens with one attached hydrogen (secondary N) is 1. The number of hydrogen-bond acceptors (Lipinski definition) is 5. The molecule has 0 radical (unpaired) electrons. The lowest BCUT2D eigenvalue weighted by Crippen LogP contribution is -2.23. The monoisotopic (exact) mass is 361 g/mol. The van der Waals surface area contributed by atoms with Gasteiger partial charge in [0.25, 0.3) is 0 Å². The van der Waals surface area contributed by atoms with Gasteiger partial charge in [0, 0.05) is 19.7 Å². The molecule has 5 nitrogen and oxygen atoms in total. The van der Waals surface area contributed by atoms with Gasteiger partial charge in [0.15, 0.2) is 11.5 Å². The van der Waals surface area contributed by atoms with Gasteiger partial charge in [0.2, 0.25) is 0 Å². The molecule has 1 rings (SSSR count). The Kier molecular flexibility index (Phi) is 8.03. The molecule has 0 aromatic heterocycles. The minimum Gasteiger partial charge on any atom is -0.493 e. The molecular formula is C15H24BrNO4. The van der Waals surface area contributed by atoms with E-state index in [4.69, 9.17) is 14.2 Å². The third-order valence-corrected chi connectivity index (χ3v) is 3.37. The Hall–Kier alpha value is -0.820. The highest BCUT2D eigenvalue weighted by atomic mass is 79.9. The van der Waals surface area contributed by atoms with E-state index >= 15 is 0 Å². The fourth-order valence-electron chi connectivity index (χ4n) is 1.76. The fraction of sp³-hybridized carbons (Fsp3) is 0.600. The van der Waals surface area contributed by atoms with E-state index in [1.807, 2.05) is 12.1 Å². The first-order valence-electron chi connectivity index (χ1n) is 6.87. The van der Waals surface area contributed by atoms with Gasteiger partial charge in [-0.2, -0.15) is 0 Å². The van der Waals surface area contributed by atoms with Crippen LogP contribution in [0.3, 0.4) is 0 Å².